The largest absolute Gasteiger partial charge is 0.487 e. The first-order valence-corrected chi connectivity index (χ1v) is 14.7. The molecule has 7 rings (SSSR count). The highest BCUT2D eigenvalue weighted by atomic mass is 19.1. The van der Waals surface area contributed by atoms with E-state index in [4.69, 9.17) is 23.7 Å². The number of anilines is 2. The molecule has 0 bridgehead atoms. The van der Waals surface area contributed by atoms with Gasteiger partial charge in [-0.25, -0.2) is 23.7 Å². The van der Waals surface area contributed by atoms with Crippen LogP contribution < -0.4 is 25.0 Å². The van der Waals surface area contributed by atoms with Crippen LogP contribution in [0.2, 0.25) is 0 Å². The monoisotopic (exact) mass is 639 g/mol. The lowest BCUT2D eigenvalue weighted by Gasteiger charge is -2.16. The van der Waals surface area contributed by atoms with Crippen LogP contribution in [0.3, 0.4) is 0 Å². The lowest BCUT2D eigenvalue weighted by Crippen LogP contribution is -2.15. The number of rotatable bonds is 5. The number of fused-ring (bicyclic) bond motifs is 3. The molecule has 0 fully saturated rings. The zero-order valence-corrected chi connectivity index (χ0v) is 24.8. The topological polar surface area (TPSA) is 130 Å². The third-order valence-corrected chi connectivity index (χ3v) is 7.36. The van der Waals surface area contributed by atoms with Gasteiger partial charge in [-0.05, 0) is 42.0 Å². The number of halogens is 2. The summed E-state index contributed by atoms with van der Waals surface area (Å²) < 4.78 is 57.7. The van der Waals surface area contributed by atoms with Crippen molar-refractivity contribution in [2.75, 3.05) is 45.0 Å². The summed E-state index contributed by atoms with van der Waals surface area (Å²) in [6, 6.07) is 14.9. The molecular weight excluding hydrogens is 612 g/mol. The van der Waals surface area contributed by atoms with Crippen LogP contribution in [0.5, 0.6) is 23.1 Å². The Bertz CT molecular complexity index is 2130. The Morgan fingerprint density at radius 1 is 0.809 bits per heavy atom. The molecule has 3 aromatic heterocycles. The number of benzene rings is 3. The van der Waals surface area contributed by atoms with Gasteiger partial charge in [-0.2, -0.15) is 0 Å². The van der Waals surface area contributed by atoms with Gasteiger partial charge in [-0.1, -0.05) is 12.1 Å². The Balaban J connectivity index is 1.16. The Labute approximate surface area is 266 Å². The smallest absolute Gasteiger partial charge is 0.230 e. The quantitative estimate of drug-likeness (QED) is 0.227. The lowest BCUT2D eigenvalue weighted by atomic mass is 10.0. The first-order valence-electron chi connectivity index (χ1n) is 14.7. The molecule has 238 valence electrons. The number of aromatic amines is 1. The van der Waals surface area contributed by atoms with Crippen LogP contribution >= 0.6 is 0 Å². The van der Waals surface area contributed by atoms with Crippen molar-refractivity contribution < 1.29 is 32.5 Å². The minimum atomic E-state index is -0.689. The highest BCUT2D eigenvalue weighted by molar-refractivity contribution is 5.93. The number of H-pyrrole nitrogens is 1. The number of aromatic nitrogens is 4. The highest BCUT2D eigenvalue weighted by Crippen LogP contribution is 2.37. The zero-order chi connectivity index (χ0) is 32.2. The van der Waals surface area contributed by atoms with Crippen LogP contribution in [-0.2, 0) is 9.47 Å². The number of ether oxygens (including phenoxy) is 5. The lowest BCUT2D eigenvalue weighted by molar-refractivity contribution is 0.0224. The molecule has 0 saturated carbocycles. The van der Waals surface area contributed by atoms with Gasteiger partial charge in [-0.3, -0.25) is 4.79 Å². The fourth-order valence-corrected chi connectivity index (χ4v) is 5.09. The fraction of sp³-hybridized carbons (Fsp3) is 0.176. The van der Waals surface area contributed by atoms with E-state index in [0.29, 0.717) is 77.8 Å². The summed E-state index contributed by atoms with van der Waals surface area (Å²) in [6.45, 7) is 2.25. The van der Waals surface area contributed by atoms with Gasteiger partial charge < -0.3 is 34.0 Å². The molecule has 0 unspecified atom stereocenters. The van der Waals surface area contributed by atoms with Crippen molar-refractivity contribution in [3.8, 4) is 34.3 Å². The second-order valence-electron chi connectivity index (χ2n) is 10.4. The van der Waals surface area contributed by atoms with E-state index in [9.17, 15) is 9.18 Å². The minimum absolute atomic E-state index is 0.0895. The SMILES string of the molecule is O=c1c(-c2ccc(F)cc2)c[nH]c2ccnc(Nc3ccc(Oc4ncnc5cc6c(cc45)OCCOCCOCCO6)c(F)c3)c12. The van der Waals surface area contributed by atoms with Crippen molar-refractivity contribution in [3.05, 3.63) is 101 Å². The first kappa shape index (κ1) is 30.0. The van der Waals surface area contributed by atoms with E-state index in [2.05, 4.69) is 25.3 Å². The normalized spacial score (nSPS) is 13.9. The molecule has 0 amide bonds. The van der Waals surface area contributed by atoms with E-state index in [1.54, 1.807) is 30.5 Å². The maximum absolute atomic E-state index is 15.5. The van der Waals surface area contributed by atoms with E-state index in [1.807, 2.05) is 0 Å². The predicted molar refractivity (Wildman–Crippen MR) is 170 cm³/mol. The van der Waals surface area contributed by atoms with Gasteiger partial charge in [0.2, 0.25) is 11.3 Å². The summed E-state index contributed by atoms with van der Waals surface area (Å²) in [5.74, 6) is 0.0474. The maximum Gasteiger partial charge on any atom is 0.230 e. The van der Waals surface area contributed by atoms with Gasteiger partial charge in [0.15, 0.2) is 23.1 Å². The van der Waals surface area contributed by atoms with Crippen molar-refractivity contribution in [3.63, 3.8) is 0 Å². The predicted octanol–water partition coefficient (Wildman–Crippen LogP) is 6.15. The van der Waals surface area contributed by atoms with E-state index >= 15 is 4.39 Å². The molecule has 6 aromatic rings. The molecule has 13 heteroatoms. The minimum Gasteiger partial charge on any atom is -0.487 e. The van der Waals surface area contributed by atoms with E-state index in [1.165, 1.54) is 48.9 Å². The third kappa shape index (κ3) is 6.52. The van der Waals surface area contributed by atoms with Gasteiger partial charge in [0, 0.05) is 35.8 Å². The van der Waals surface area contributed by atoms with Crippen molar-refractivity contribution in [1.29, 1.82) is 0 Å². The van der Waals surface area contributed by atoms with Gasteiger partial charge in [0.1, 0.15) is 31.2 Å². The van der Waals surface area contributed by atoms with E-state index < -0.39 is 11.6 Å². The molecule has 1 aliphatic rings. The van der Waals surface area contributed by atoms with E-state index in [0.717, 1.165) is 0 Å². The molecule has 0 spiro atoms. The summed E-state index contributed by atoms with van der Waals surface area (Å²) in [4.78, 5) is 29.5. The second kappa shape index (κ2) is 13.4. The molecule has 47 heavy (non-hydrogen) atoms. The summed E-state index contributed by atoms with van der Waals surface area (Å²) in [7, 11) is 0. The molecule has 0 aliphatic carbocycles. The Morgan fingerprint density at radius 2 is 1.55 bits per heavy atom. The van der Waals surface area contributed by atoms with Gasteiger partial charge in [-0.15, -0.1) is 0 Å². The molecular formula is C34H27F2N5O6. The van der Waals surface area contributed by atoms with Crippen LogP contribution in [0.25, 0.3) is 32.9 Å². The number of nitrogens with zero attached hydrogens (tertiary/aromatic N) is 3. The van der Waals surface area contributed by atoms with Crippen molar-refractivity contribution in [1.82, 2.24) is 19.9 Å². The zero-order valence-electron chi connectivity index (χ0n) is 24.8. The Morgan fingerprint density at radius 3 is 2.32 bits per heavy atom. The van der Waals surface area contributed by atoms with Gasteiger partial charge in [0.25, 0.3) is 0 Å². The number of hydrogen-bond acceptors (Lipinski definition) is 10. The average Bonchev–Trinajstić information content (AvgIpc) is 3.07. The number of pyridine rings is 2. The number of hydrogen-bond donors (Lipinski definition) is 2. The van der Waals surface area contributed by atoms with Crippen molar-refractivity contribution in [2.45, 2.75) is 0 Å². The fourth-order valence-electron chi connectivity index (χ4n) is 5.09. The summed E-state index contributed by atoms with van der Waals surface area (Å²) in [5, 5.41) is 3.79. The van der Waals surface area contributed by atoms with Crippen LogP contribution in [0.15, 0.2) is 84.2 Å². The molecule has 4 heterocycles. The molecule has 0 atom stereocenters. The molecule has 11 nitrogen and oxygen atoms in total. The maximum atomic E-state index is 15.5. The Kier molecular flexibility index (Phi) is 8.54. The molecule has 1 aliphatic heterocycles. The molecule has 0 saturated heterocycles. The van der Waals surface area contributed by atoms with Crippen LogP contribution in [0.4, 0.5) is 20.3 Å². The average molecular weight is 640 g/mol. The van der Waals surface area contributed by atoms with Gasteiger partial charge >= 0.3 is 0 Å². The first-order chi connectivity index (χ1) is 23.0. The van der Waals surface area contributed by atoms with E-state index in [-0.39, 0.29) is 34.9 Å². The van der Waals surface area contributed by atoms with Gasteiger partial charge in [0.05, 0.1) is 48.2 Å². The summed E-state index contributed by atoms with van der Waals surface area (Å²) in [5.41, 5.74) is 1.91. The van der Waals surface area contributed by atoms with Crippen LogP contribution in [0.1, 0.15) is 0 Å². The van der Waals surface area contributed by atoms with Crippen LogP contribution in [-0.4, -0.2) is 59.6 Å². The molecule has 0 radical (unpaired) electrons. The standard InChI is InChI=1S/C34H27F2N5O6/c35-21-3-1-20(2-4-21)24-18-38-26-7-8-37-33(31(26)32(24)42)41-22-5-6-28(25(36)15-22)47-34-23-16-29-30(17-27(23)39-19-40-34)46-14-12-44-10-9-43-11-13-45-29/h1-8,15-19H,9-14H2,(H,37,41)(H,38,42). The third-order valence-electron chi connectivity index (χ3n) is 7.36. The molecule has 2 N–H and O–H groups in total. The van der Waals surface area contributed by atoms with Crippen molar-refractivity contribution in [2.24, 2.45) is 0 Å². The highest BCUT2D eigenvalue weighted by Gasteiger charge is 2.17. The molecule has 3 aromatic carbocycles. The Hall–Kier alpha value is -5.66. The second-order valence-corrected chi connectivity index (χ2v) is 10.4. The number of nitrogens with one attached hydrogen (secondary N) is 2. The summed E-state index contributed by atoms with van der Waals surface area (Å²) in [6.07, 6.45) is 4.40. The van der Waals surface area contributed by atoms with Crippen LogP contribution in [0, 0.1) is 11.6 Å². The summed E-state index contributed by atoms with van der Waals surface area (Å²) >= 11 is 0. The van der Waals surface area contributed by atoms with Crippen molar-refractivity contribution >= 4 is 33.3 Å².